The van der Waals surface area contributed by atoms with Crippen LogP contribution in [0.4, 0.5) is 10.2 Å². The molecule has 2 rings (SSSR count). The van der Waals surface area contributed by atoms with Crippen molar-refractivity contribution in [3.63, 3.8) is 0 Å². The van der Waals surface area contributed by atoms with E-state index in [1.165, 1.54) is 19.2 Å². The number of nitrogens with two attached hydrogens (primary N) is 1. The molecule has 7 nitrogen and oxygen atoms in total. The number of aromatic nitrogens is 2. The average molecular weight is 301 g/mol. The third-order valence-electron chi connectivity index (χ3n) is 4.21. The lowest BCUT2D eigenvalue weighted by Gasteiger charge is -2.35. The molecule has 0 bridgehead atoms. The zero-order chi connectivity index (χ0) is 16.0. The summed E-state index contributed by atoms with van der Waals surface area (Å²) in [6, 6.07) is 1.34. The summed E-state index contributed by atoms with van der Waals surface area (Å²) in [4.78, 5) is 15.5. The lowest BCUT2D eigenvalue weighted by atomic mass is 9.85. The van der Waals surface area contributed by atoms with Crippen LogP contribution in [0.5, 0.6) is 0 Å². The van der Waals surface area contributed by atoms with Crippen LogP contribution in [0.2, 0.25) is 0 Å². The van der Waals surface area contributed by atoms with Crippen LogP contribution >= 0.6 is 0 Å². The Morgan fingerprint density at radius 2 is 2.24 bits per heavy atom. The molecule has 21 heavy (non-hydrogen) atoms. The molecular formula is C13H20FN3O4. The smallest absolute Gasteiger partial charge is 0.351 e. The molecule has 8 heteroatoms. The molecular weight excluding hydrogens is 281 g/mol. The molecule has 0 amide bonds. The highest BCUT2D eigenvalue weighted by Gasteiger charge is 2.63. The number of nitrogens with zero attached hydrogens (tertiary/aromatic N) is 2. The topological polar surface area (TPSA) is 111 Å². The maximum atomic E-state index is 14.7. The van der Waals surface area contributed by atoms with Gasteiger partial charge in [-0.3, -0.25) is 4.57 Å². The zero-order valence-corrected chi connectivity index (χ0v) is 12.2. The van der Waals surface area contributed by atoms with E-state index in [9.17, 15) is 19.4 Å². The maximum absolute atomic E-state index is 14.7. The van der Waals surface area contributed by atoms with Gasteiger partial charge in [-0.1, -0.05) is 13.8 Å². The van der Waals surface area contributed by atoms with Gasteiger partial charge in [0.2, 0.25) is 0 Å². The van der Waals surface area contributed by atoms with Crippen molar-refractivity contribution >= 4 is 5.82 Å². The molecule has 1 aromatic heterocycles. The molecule has 0 aliphatic carbocycles. The first-order chi connectivity index (χ1) is 9.69. The molecule has 4 atom stereocenters. The third-order valence-corrected chi connectivity index (χ3v) is 4.21. The Kier molecular flexibility index (Phi) is 3.81. The van der Waals surface area contributed by atoms with Gasteiger partial charge in [-0.05, 0) is 18.9 Å². The van der Waals surface area contributed by atoms with Gasteiger partial charge in [0.1, 0.15) is 17.5 Å². The highest BCUT2D eigenvalue weighted by molar-refractivity contribution is 5.24. The summed E-state index contributed by atoms with van der Waals surface area (Å²) in [5.74, 6) is -0.360. The maximum Gasteiger partial charge on any atom is 0.351 e. The summed E-state index contributed by atoms with van der Waals surface area (Å²) in [6.07, 6.45) is -2.22. The number of nitrogen functional groups attached to an aromatic ring is 1. The minimum Gasteiger partial charge on any atom is -0.393 e. The second-order valence-corrected chi connectivity index (χ2v) is 5.78. The first kappa shape index (κ1) is 15.9. The van der Waals surface area contributed by atoms with Gasteiger partial charge in [-0.2, -0.15) is 4.98 Å². The van der Waals surface area contributed by atoms with Crippen LogP contribution in [-0.2, 0) is 10.5 Å². The van der Waals surface area contributed by atoms with Crippen LogP contribution < -0.4 is 11.4 Å². The van der Waals surface area contributed by atoms with Gasteiger partial charge < -0.3 is 20.7 Å². The van der Waals surface area contributed by atoms with Crippen LogP contribution in [0.15, 0.2) is 17.1 Å². The molecule has 2 heterocycles. The van der Waals surface area contributed by atoms with E-state index in [1.54, 1.807) is 13.8 Å². The second kappa shape index (κ2) is 5.04. The van der Waals surface area contributed by atoms with Crippen molar-refractivity contribution in [3.8, 4) is 0 Å². The lowest BCUT2D eigenvalue weighted by Crippen LogP contribution is -2.49. The van der Waals surface area contributed by atoms with Crippen LogP contribution in [0.3, 0.4) is 0 Å². The highest BCUT2D eigenvalue weighted by Crippen LogP contribution is 2.46. The minimum absolute atomic E-state index is 0.00563. The van der Waals surface area contributed by atoms with Crippen molar-refractivity contribution in [2.45, 2.75) is 44.4 Å². The molecule has 0 aromatic carbocycles. The molecule has 4 unspecified atom stereocenters. The summed E-state index contributed by atoms with van der Waals surface area (Å²) < 4.78 is 21.3. The first-order valence-electron chi connectivity index (χ1n) is 6.68. The van der Waals surface area contributed by atoms with Crippen molar-refractivity contribution < 1.29 is 19.3 Å². The largest absolute Gasteiger partial charge is 0.393 e. The van der Waals surface area contributed by atoms with E-state index in [-0.39, 0.29) is 11.7 Å². The second-order valence-electron chi connectivity index (χ2n) is 5.78. The molecule has 118 valence electrons. The number of ether oxygens (including phenoxy) is 1. The fourth-order valence-electron chi connectivity index (χ4n) is 2.75. The summed E-state index contributed by atoms with van der Waals surface area (Å²) in [5.41, 5.74) is 1.36. The Labute approximate surface area is 121 Å². The Morgan fingerprint density at radius 1 is 1.62 bits per heavy atom. The molecule has 1 saturated heterocycles. The van der Waals surface area contributed by atoms with E-state index in [2.05, 4.69) is 4.98 Å². The van der Waals surface area contributed by atoms with E-state index in [1.807, 2.05) is 0 Å². The first-order valence-corrected chi connectivity index (χ1v) is 6.68. The van der Waals surface area contributed by atoms with Crippen LogP contribution in [-0.4, -0.2) is 44.2 Å². The normalized spacial score (nSPS) is 36.3. The Bertz CT molecular complexity index is 593. The molecule has 1 aliphatic heterocycles. The van der Waals surface area contributed by atoms with Gasteiger partial charge in [-0.15, -0.1) is 0 Å². The van der Waals surface area contributed by atoms with E-state index in [0.717, 1.165) is 4.57 Å². The number of alkyl halides is 1. The van der Waals surface area contributed by atoms with Crippen LogP contribution in [0.25, 0.3) is 0 Å². The van der Waals surface area contributed by atoms with Gasteiger partial charge in [0.15, 0.2) is 11.9 Å². The van der Waals surface area contributed by atoms with Crippen molar-refractivity contribution in [1.29, 1.82) is 0 Å². The quantitative estimate of drug-likeness (QED) is 0.701. The molecule has 1 aliphatic rings. The number of aliphatic hydroxyl groups is 2. The fraction of sp³-hybridized carbons (Fsp3) is 0.692. The van der Waals surface area contributed by atoms with Crippen molar-refractivity contribution in [2.24, 2.45) is 5.92 Å². The fourth-order valence-corrected chi connectivity index (χ4v) is 2.75. The number of aliphatic hydroxyl groups excluding tert-OH is 2. The van der Waals surface area contributed by atoms with E-state index in [0.29, 0.717) is 0 Å². The number of rotatable bonds is 3. The van der Waals surface area contributed by atoms with Gasteiger partial charge in [0.05, 0.1) is 6.61 Å². The van der Waals surface area contributed by atoms with Gasteiger partial charge >= 0.3 is 5.69 Å². The van der Waals surface area contributed by atoms with Gasteiger partial charge in [0, 0.05) is 6.20 Å². The Morgan fingerprint density at radius 3 is 2.67 bits per heavy atom. The molecule has 4 N–H and O–H groups in total. The van der Waals surface area contributed by atoms with E-state index in [4.69, 9.17) is 10.5 Å². The van der Waals surface area contributed by atoms with Crippen LogP contribution in [0.1, 0.15) is 20.8 Å². The standard InChI is InChI=1S/C13H20FN3O4/c1-7(2)13(6-18)10(19)9(14)12(3,21-13)17-5-4-8(15)16-11(17)20/h4-5,7,9-10,18-19H,6H2,1-3H3,(H2,15,16,20). The Balaban J connectivity index is 2.55. The van der Waals surface area contributed by atoms with Gasteiger partial charge in [0.25, 0.3) is 0 Å². The zero-order valence-electron chi connectivity index (χ0n) is 12.2. The number of hydrogen-bond donors (Lipinski definition) is 3. The van der Waals surface area contributed by atoms with Crippen molar-refractivity contribution in [3.05, 3.63) is 22.7 Å². The molecule has 0 radical (unpaired) electrons. The van der Waals surface area contributed by atoms with E-state index >= 15 is 0 Å². The average Bonchev–Trinajstić information content (AvgIpc) is 2.61. The van der Waals surface area contributed by atoms with Crippen molar-refractivity contribution in [2.75, 3.05) is 12.3 Å². The lowest BCUT2D eigenvalue weighted by molar-refractivity contribution is -0.195. The summed E-state index contributed by atoms with van der Waals surface area (Å²) in [5, 5.41) is 19.8. The summed E-state index contributed by atoms with van der Waals surface area (Å²) in [6.45, 7) is 4.16. The van der Waals surface area contributed by atoms with E-state index < -0.39 is 35.9 Å². The number of halogens is 1. The third kappa shape index (κ3) is 2.14. The minimum atomic E-state index is -1.91. The SMILES string of the molecule is CC(C)C1(CO)OC(C)(n2ccc(N)nc2=O)C(F)C1O. The summed E-state index contributed by atoms with van der Waals surface area (Å²) in [7, 11) is 0. The molecule has 1 aromatic rings. The predicted molar refractivity (Wildman–Crippen MR) is 73.2 cm³/mol. The molecule has 1 fully saturated rings. The van der Waals surface area contributed by atoms with Crippen LogP contribution in [0, 0.1) is 5.92 Å². The number of anilines is 1. The highest BCUT2D eigenvalue weighted by atomic mass is 19.1. The number of hydrogen-bond acceptors (Lipinski definition) is 6. The predicted octanol–water partition coefficient (Wildman–Crippen LogP) is -0.385. The van der Waals surface area contributed by atoms with Gasteiger partial charge in [-0.25, -0.2) is 9.18 Å². The molecule has 0 spiro atoms. The Hall–Kier alpha value is -1.51. The molecule has 0 saturated carbocycles. The monoisotopic (exact) mass is 301 g/mol. The van der Waals surface area contributed by atoms with Crippen molar-refractivity contribution in [1.82, 2.24) is 9.55 Å². The summed E-state index contributed by atoms with van der Waals surface area (Å²) >= 11 is 0.